The van der Waals surface area contributed by atoms with Crippen molar-refractivity contribution >= 4 is 88.7 Å². The predicted octanol–water partition coefficient (Wildman–Crippen LogP) is 11.7. The van der Waals surface area contributed by atoms with Crippen molar-refractivity contribution in [2.75, 3.05) is 13.1 Å². The maximum Gasteiger partial charge on any atom is 0.586 e. The predicted molar refractivity (Wildman–Crippen MR) is 396 cm³/mol. The molecule has 4 saturated carbocycles. The van der Waals surface area contributed by atoms with Gasteiger partial charge in [0.2, 0.25) is 55.4 Å². The minimum absolute atomic E-state index is 0.00617. The first-order valence-corrected chi connectivity index (χ1v) is 41.8. The molecule has 6 aliphatic heterocycles. The standard InChI is InChI=1S/2C40H49F2N3O10S/c2*1-22-8-6-7-9-24-19-39(24,37(49)44-56(50,51)26-10-11-26)20-31(46)30-17-25(21-45(30)36(48)29(23(2)16-22)18-33(47)54-38(3,4)5)52-35-28-12-13-32-34(27(28)14-15-43-35)55-40(41,42)53-32/h2*7,9,12-15,22-26,29-30H,6,8,10-11,16-21H2,1-5H3,(H,44,49)/b2*9-7-/t22-,23+,24+,25+,29-,30-,39+;22-,23-,24-,25-,29+,30+,39-/m01/s1. The van der Waals surface area contributed by atoms with E-state index in [1.807, 2.05) is 38.2 Å². The van der Waals surface area contributed by atoms with E-state index in [1.165, 1.54) is 58.6 Å². The number of benzene rings is 2. The fraction of sp³-hybridized carbons (Fsp3) is 0.625. The second-order valence-corrected chi connectivity index (χ2v) is 38.4. The summed E-state index contributed by atoms with van der Waals surface area (Å²) in [6.07, 6.45) is 6.55. The van der Waals surface area contributed by atoms with Gasteiger partial charge in [0.05, 0.1) is 71.2 Å². The number of halogens is 4. The van der Waals surface area contributed by atoms with Crippen molar-refractivity contribution in [2.45, 2.75) is 243 Å². The van der Waals surface area contributed by atoms with Gasteiger partial charge in [0.1, 0.15) is 23.4 Å². The topological polar surface area (TPSA) is 335 Å². The third-order valence-electron chi connectivity index (χ3n) is 23.0. The zero-order valence-electron chi connectivity index (χ0n) is 64.4. The number of hydrogen-bond donors (Lipinski definition) is 2. The molecule has 26 nitrogen and oxygen atoms in total. The van der Waals surface area contributed by atoms with E-state index in [9.17, 15) is 72.8 Å². The second kappa shape index (κ2) is 30.6. The Balaban J connectivity index is 0.000000196. The van der Waals surface area contributed by atoms with E-state index in [-0.39, 0.29) is 145 Å². The molecule has 112 heavy (non-hydrogen) atoms. The van der Waals surface area contributed by atoms with Crippen molar-refractivity contribution < 1.29 is 111 Å². The van der Waals surface area contributed by atoms with Crippen LogP contribution < -0.4 is 37.9 Å². The van der Waals surface area contributed by atoms with Gasteiger partial charge in [-0.05, 0) is 190 Å². The molecule has 4 aromatic rings. The number of amides is 4. The maximum absolute atomic E-state index is 14.8. The van der Waals surface area contributed by atoms with E-state index < -0.39 is 148 Å². The van der Waals surface area contributed by atoms with Gasteiger partial charge in [0, 0.05) is 59.6 Å². The van der Waals surface area contributed by atoms with Gasteiger partial charge in [0.15, 0.2) is 34.6 Å². The van der Waals surface area contributed by atoms with Gasteiger partial charge in [0.25, 0.3) is 0 Å². The Morgan fingerprint density at radius 2 is 0.902 bits per heavy atom. The number of fused-ring (bicyclic) bond motifs is 10. The van der Waals surface area contributed by atoms with Crippen molar-refractivity contribution in [1.29, 1.82) is 0 Å². The highest BCUT2D eigenvalue weighted by Gasteiger charge is 2.64. The Bertz CT molecular complexity index is 4420. The summed E-state index contributed by atoms with van der Waals surface area (Å²) < 4.78 is 155. The lowest BCUT2D eigenvalue weighted by molar-refractivity contribution is -0.287. The zero-order valence-corrected chi connectivity index (χ0v) is 66.1. The minimum Gasteiger partial charge on any atom is -0.472 e. The fourth-order valence-corrected chi connectivity index (χ4v) is 19.6. The number of carbonyl (C=O) groups excluding carboxylic acids is 8. The van der Waals surface area contributed by atoms with Crippen molar-refractivity contribution in [3.8, 4) is 34.8 Å². The average molecular weight is 1600 g/mol. The van der Waals surface area contributed by atoms with Gasteiger partial charge in [-0.1, -0.05) is 52.0 Å². The van der Waals surface area contributed by atoms with Crippen LogP contribution in [0, 0.1) is 58.2 Å². The first-order valence-electron chi connectivity index (χ1n) is 38.7. The molecule has 0 spiro atoms. The first kappa shape index (κ1) is 81.3. The maximum atomic E-state index is 14.8. The summed E-state index contributed by atoms with van der Waals surface area (Å²) in [4.78, 5) is 125. The highest BCUT2D eigenvalue weighted by molar-refractivity contribution is 7.91. The molecule has 2 aromatic heterocycles. The minimum atomic E-state index is -3.90. The van der Waals surface area contributed by atoms with Crippen LogP contribution in [0.4, 0.5) is 17.6 Å². The third kappa shape index (κ3) is 18.1. The van der Waals surface area contributed by atoms with Crippen molar-refractivity contribution in [1.82, 2.24) is 29.2 Å². The number of aromatic nitrogens is 2. The number of hydrogen-bond acceptors (Lipinski definition) is 22. The molecular formula is C80H98F4N6O20S2. The number of carbonyl (C=O) groups is 8. The number of ketones is 2. The second-order valence-electron chi connectivity index (χ2n) is 34.5. The van der Waals surface area contributed by atoms with Crippen LogP contribution in [-0.4, -0.2) is 155 Å². The number of nitrogens with zero attached hydrogens (tertiary/aromatic N) is 4. The highest BCUT2D eigenvalue weighted by atomic mass is 32.2. The first-order chi connectivity index (χ1) is 52.5. The van der Waals surface area contributed by atoms with Crippen LogP contribution in [0.5, 0.6) is 34.8 Å². The highest BCUT2D eigenvalue weighted by Crippen LogP contribution is 2.59. The lowest BCUT2D eigenvalue weighted by Gasteiger charge is -2.32. The molecule has 2 aromatic carbocycles. The normalized spacial score (nSPS) is 31.1. The molecule has 2 N–H and O–H groups in total. The number of esters is 2. The van der Waals surface area contributed by atoms with Crippen LogP contribution in [-0.2, 0) is 67.9 Å². The summed E-state index contributed by atoms with van der Waals surface area (Å²) >= 11 is 0. The molecule has 0 unspecified atom stereocenters. The molecule has 0 radical (unpaired) electrons. The van der Waals surface area contributed by atoms with Crippen molar-refractivity contribution in [3.05, 3.63) is 73.1 Å². The summed E-state index contributed by atoms with van der Waals surface area (Å²) in [5.41, 5.74) is -4.23. The largest absolute Gasteiger partial charge is 0.586 e. The molecule has 14 rings (SSSR count). The summed E-state index contributed by atoms with van der Waals surface area (Å²) in [7, 11) is -7.80. The number of rotatable bonds is 14. The van der Waals surface area contributed by atoms with Gasteiger partial charge < -0.3 is 47.7 Å². The number of Topliss-reactive ketones (excluding diaryl/α,β-unsaturated/α-hetero) is 2. The van der Waals surface area contributed by atoms with Crippen LogP contribution in [0.25, 0.3) is 21.5 Å². The number of sulfonamides is 2. The number of alkyl halides is 4. The van der Waals surface area contributed by atoms with Crippen LogP contribution >= 0.6 is 0 Å². The van der Waals surface area contributed by atoms with Crippen LogP contribution in [0.15, 0.2) is 73.1 Å². The van der Waals surface area contributed by atoms with E-state index in [0.717, 1.165) is 12.8 Å². The number of pyridine rings is 2. The van der Waals surface area contributed by atoms with Crippen LogP contribution in [0.2, 0.25) is 0 Å². The van der Waals surface area contributed by atoms with Crippen LogP contribution in [0.3, 0.4) is 0 Å². The molecule has 10 aliphatic rings. The summed E-state index contributed by atoms with van der Waals surface area (Å²) in [5, 5.41) is -0.0995. The van der Waals surface area contributed by atoms with E-state index in [0.29, 0.717) is 62.1 Å². The van der Waals surface area contributed by atoms with Crippen molar-refractivity contribution in [3.63, 3.8) is 0 Å². The SMILES string of the molecule is C[C@@H]1CC/C=C\[C@@H]2C[C@@]2(C(=O)NS(=O)(=O)C2CC2)CC(=O)[C@@H]2C[C@@H](Oc3nccc4c5c(ccc34)OC(F)(F)O5)CN2C(=O)[C@@H](CC(=O)OC(C)(C)C)[C@H](C)C1.C[C@H]1CC/C=C\[C@@H]2C[C@@]2(C(=O)NS(=O)(=O)C2CC2)CC(=O)[C@@H]2C[C@@H](Oc3nccc4c5c(ccc34)OC(F)(F)O5)CN2C(=O)[C@@H](CC(=O)OC(C)(C)C)[C@H](C)C1. The van der Waals surface area contributed by atoms with Gasteiger partial charge >= 0.3 is 24.5 Å². The molecule has 608 valence electrons. The van der Waals surface area contributed by atoms with Crippen molar-refractivity contribution in [2.24, 2.45) is 58.2 Å². The molecule has 8 heterocycles. The van der Waals surface area contributed by atoms with Gasteiger partial charge in [-0.25, -0.2) is 26.8 Å². The molecule has 0 bridgehead atoms. The quantitative estimate of drug-likeness (QED) is 0.0673. The molecule has 6 fully saturated rings. The number of nitrogens with one attached hydrogen (secondary N) is 2. The fourth-order valence-electron chi connectivity index (χ4n) is 16.9. The number of ether oxygens (including phenoxy) is 8. The molecule has 2 saturated heterocycles. The van der Waals surface area contributed by atoms with E-state index in [1.54, 1.807) is 41.5 Å². The Labute approximate surface area is 647 Å². The van der Waals surface area contributed by atoms with E-state index in [2.05, 4.69) is 42.7 Å². The summed E-state index contributed by atoms with van der Waals surface area (Å²) in [6, 6.07) is 6.42. The zero-order chi connectivity index (χ0) is 80.7. The lowest BCUT2D eigenvalue weighted by Crippen LogP contribution is -2.47. The van der Waals surface area contributed by atoms with Gasteiger partial charge in [-0.15, -0.1) is 17.6 Å². The molecule has 4 amide bonds. The van der Waals surface area contributed by atoms with Crippen LogP contribution in [0.1, 0.15) is 185 Å². The van der Waals surface area contributed by atoms with E-state index >= 15 is 0 Å². The van der Waals surface area contributed by atoms with Gasteiger partial charge in [-0.2, -0.15) is 0 Å². The lowest BCUT2D eigenvalue weighted by atomic mass is 9.82. The molecule has 32 heteroatoms. The Morgan fingerprint density at radius 3 is 1.26 bits per heavy atom. The molecular weight excluding hydrogens is 1510 g/mol. The summed E-state index contributed by atoms with van der Waals surface area (Å²) in [6.45, 7) is 18.3. The Morgan fingerprint density at radius 1 is 0.527 bits per heavy atom. The summed E-state index contributed by atoms with van der Waals surface area (Å²) in [5.74, 6) is -7.60. The Kier molecular flexibility index (Phi) is 22.2. The van der Waals surface area contributed by atoms with Gasteiger partial charge in [-0.3, -0.25) is 47.8 Å². The number of allylic oxidation sites excluding steroid dienone is 4. The van der Waals surface area contributed by atoms with E-state index in [4.69, 9.17) is 28.4 Å². The molecule has 14 atom stereocenters. The Hall–Kier alpha value is -8.68. The monoisotopic (exact) mass is 1600 g/mol. The smallest absolute Gasteiger partial charge is 0.472 e. The molecule has 4 aliphatic carbocycles. The third-order valence-corrected chi connectivity index (χ3v) is 26.7. The average Bonchev–Trinajstić information content (AvgIpc) is 1.61.